The van der Waals surface area contributed by atoms with E-state index < -0.39 is 22.0 Å². The number of aliphatic hydroxyl groups is 1. The third kappa shape index (κ3) is 3.85. The van der Waals surface area contributed by atoms with Gasteiger partial charge in [0.25, 0.3) is 10.0 Å². The van der Waals surface area contributed by atoms with Crippen molar-refractivity contribution < 1.29 is 23.1 Å². The summed E-state index contributed by atoms with van der Waals surface area (Å²) in [6.07, 6.45) is 0.594. The maximum absolute atomic E-state index is 13.2. The van der Waals surface area contributed by atoms with Crippen LogP contribution in [0.25, 0.3) is 0 Å². The molecule has 0 radical (unpaired) electrons. The quantitative estimate of drug-likeness (QED) is 0.588. The van der Waals surface area contributed by atoms with Crippen molar-refractivity contribution >= 4 is 21.6 Å². The number of hydrogen-bond donors (Lipinski definition) is 2. The summed E-state index contributed by atoms with van der Waals surface area (Å²) in [6.45, 7) is 3.15. The molecule has 1 amide bonds. The number of anilines is 1. The fourth-order valence-corrected chi connectivity index (χ4v) is 5.47. The van der Waals surface area contributed by atoms with Crippen LogP contribution in [0.5, 0.6) is 5.75 Å². The average Bonchev–Trinajstić information content (AvgIpc) is 3.39. The predicted octanol–water partition coefficient (Wildman–Crippen LogP) is 1.93. The predicted molar refractivity (Wildman–Crippen MR) is 120 cm³/mol. The van der Waals surface area contributed by atoms with Crippen LogP contribution in [0.15, 0.2) is 59.6 Å². The molecule has 0 saturated heterocycles. The molecule has 1 aromatic heterocycles. The molecule has 3 heterocycles. The molecule has 2 aromatic carbocycles. The number of ether oxygens (including phenoxy) is 1. The number of amides is 1. The average molecular weight is 469 g/mol. The van der Waals surface area contributed by atoms with Gasteiger partial charge in [-0.3, -0.25) is 4.79 Å². The molecule has 2 aliphatic heterocycles. The van der Waals surface area contributed by atoms with Gasteiger partial charge in [-0.15, -0.1) is 0 Å². The Morgan fingerprint density at radius 2 is 1.97 bits per heavy atom. The van der Waals surface area contributed by atoms with E-state index in [1.807, 2.05) is 30.3 Å². The summed E-state index contributed by atoms with van der Waals surface area (Å²) in [5.41, 5.74) is 2.57. The number of aromatic nitrogens is 2. The van der Waals surface area contributed by atoms with Gasteiger partial charge in [-0.25, -0.2) is 0 Å². The van der Waals surface area contributed by atoms with Crippen LogP contribution in [0, 0.1) is 0 Å². The Bertz CT molecular complexity index is 1280. The van der Waals surface area contributed by atoms with Crippen molar-refractivity contribution in [1.82, 2.24) is 14.1 Å². The van der Waals surface area contributed by atoms with E-state index in [4.69, 9.17) is 4.74 Å². The van der Waals surface area contributed by atoms with E-state index in [1.165, 1.54) is 12.3 Å². The lowest BCUT2D eigenvalue weighted by Gasteiger charge is -2.25. The first-order chi connectivity index (χ1) is 15.8. The molecule has 10 heteroatoms. The van der Waals surface area contributed by atoms with E-state index in [1.54, 1.807) is 24.0 Å². The fraction of sp³-hybridized carbons (Fsp3) is 0.304. The van der Waals surface area contributed by atoms with Crippen LogP contribution in [-0.2, 0) is 27.9 Å². The van der Waals surface area contributed by atoms with Gasteiger partial charge in [0.05, 0.1) is 34.8 Å². The van der Waals surface area contributed by atoms with Crippen LogP contribution in [0.1, 0.15) is 29.7 Å². The molecule has 9 nitrogen and oxygen atoms in total. The molecule has 0 bridgehead atoms. The smallest absolute Gasteiger partial charge is 0.283 e. The molecular weight excluding hydrogens is 444 g/mol. The van der Waals surface area contributed by atoms with Crippen molar-refractivity contribution in [2.24, 2.45) is 0 Å². The highest BCUT2D eigenvalue weighted by molar-refractivity contribution is 7.89. The third-order valence-electron chi connectivity index (χ3n) is 5.95. The van der Waals surface area contributed by atoms with Crippen molar-refractivity contribution in [2.45, 2.75) is 36.9 Å². The Kier molecular flexibility index (Phi) is 5.34. The lowest BCUT2D eigenvalue weighted by Crippen LogP contribution is -2.36. The largest absolute Gasteiger partial charge is 0.490 e. The van der Waals surface area contributed by atoms with E-state index in [2.05, 4.69) is 10.4 Å². The van der Waals surface area contributed by atoms with Gasteiger partial charge in [-0.1, -0.05) is 30.3 Å². The van der Waals surface area contributed by atoms with Gasteiger partial charge in [-0.05, 0) is 30.7 Å². The standard InChI is InChI=1S/C23H24N4O5S/c1-15(28)22(16-5-3-2-4-6-16)23(29)26-12-17-13-27(25-20(17)14-26)33(30,31)18-7-8-21-19(11-18)24-9-10-32-21/h2-8,11,13,15,22,24,28H,9-10,12,14H2,1H3. The molecule has 2 unspecified atom stereocenters. The summed E-state index contributed by atoms with van der Waals surface area (Å²) in [5.74, 6) is -0.302. The molecule has 2 N–H and O–H groups in total. The molecule has 5 rings (SSSR count). The minimum Gasteiger partial charge on any atom is -0.490 e. The summed E-state index contributed by atoms with van der Waals surface area (Å²) in [5, 5.41) is 17.7. The van der Waals surface area contributed by atoms with Crippen molar-refractivity contribution in [1.29, 1.82) is 0 Å². The minimum absolute atomic E-state index is 0.103. The summed E-state index contributed by atoms with van der Waals surface area (Å²) < 4.78 is 32.8. The van der Waals surface area contributed by atoms with Crippen molar-refractivity contribution in [3.8, 4) is 5.75 Å². The lowest BCUT2D eigenvalue weighted by atomic mass is 9.93. The first-order valence-corrected chi connectivity index (χ1v) is 12.1. The monoisotopic (exact) mass is 468 g/mol. The molecule has 2 atom stereocenters. The first kappa shape index (κ1) is 21.5. The first-order valence-electron chi connectivity index (χ1n) is 10.7. The number of carbonyl (C=O) groups excluding carboxylic acids is 1. The second-order valence-corrected chi connectivity index (χ2v) is 10.0. The Morgan fingerprint density at radius 1 is 1.18 bits per heavy atom. The van der Waals surface area contributed by atoms with Gasteiger partial charge in [0.2, 0.25) is 5.91 Å². The van der Waals surface area contributed by atoms with Crippen LogP contribution in [-0.4, -0.2) is 52.8 Å². The highest BCUT2D eigenvalue weighted by Gasteiger charge is 2.35. The summed E-state index contributed by atoms with van der Waals surface area (Å²) in [7, 11) is -3.89. The van der Waals surface area contributed by atoms with Crippen molar-refractivity contribution in [3.63, 3.8) is 0 Å². The molecular formula is C23H24N4O5S. The maximum Gasteiger partial charge on any atom is 0.283 e. The molecule has 33 heavy (non-hydrogen) atoms. The highest BCUT2D eigenvalue weighted by atomic mass is 32.2. The minimum atomic E-state index is -3.89. The number of rotatable bonds is 5. The summed E-state index contributed by atoms with van der Waals surface area (Å²) in [4.78, 5) is 14.9. The molecule has 0 spiro atoms. The van der Waals surface area contributed by atoms with Gasteiger partial charge in [-0.2, -0.15) is 17.6 Å². The molecule has 172 valence electrons. The summed E-state index contributed by atoms with van der Waals surface area (Å²) in [6, 6.07) is 13.8. The number of fused-ring (bicyclic) bond motifs is 2. The van der Waals surface area contributed by atoms with Crippen LogP contribution < -0.4 is 10.1 Å². The molecule has 0 saturated carbocycles. The van der Waals surface area contributed by atoms with Crippen LogP contribution in [0.3, 0.4) is 0 Å². The number of nitrogens with one attached hydrogen (secondary N) is 1. The Labute approximate surface area is 191 Å². The topological polar surface area (TPSA) is 114 Å². The van der Waals surface area contributed by atoms with Gasteiger partial charge in [0.1, 0.15) is 12.4 Å². The van der Waals surface area contributed by atoms with Crippen molar-refractivity contribution in [3.05, 3.63) is 71.5 Å². The van der Waals surface area contributed by atoms with Crippen LogP contribution in [0.4, 0.5) is 5.69 Å². The Hall–Kier alpha value is -3.37. The third-order valence-corrected chi connectivity index (χ3v) is 7.48. The summed E-state index contributed by atoms with van der Waals surface area (Å²) >= 11 is 0. The zero-order valence-corrected chi connectivity index (χ0v) is 18.8. The van der Waals surface area contributed by atoms with E-state index >= 15 is 0 Å². The van der Waals surface area contributed by atoms with E-state index in [9.17, 15) is 18.3 Å². The van der Waals surface area contributed by atoms with Gasteiger partial charge in [0, 0.05) is 24.8 Å². The number of aliphatic hydroxyl groups excluding tert-OH is 1. The molecule has 0 fully saturated rings. The number of benzene rings is 2. The lowest BCUT2D eigenvalue weighted by molar-refractivity contribution is -0.135. The van der Waals surface area contributed by atoms with Crippen LogP contribution in [0.2, 0.25) is 0 Å². The van der Waals surface area contributed by atoms with Gasteiger partial charge < -0.3 is 20.1 Å². The zero-order valence-electron chi connectivity index (χ0n) is 18.0. The SMILES string of the molecule is CC(O)C(C(=O)N1Cc2cn(S(=O)(=O)c3ccc4c(c3)NCCO4)nc2C1)c1ccccc1. The Morgan fingerprint density at radius 3 is 2.70 bits per heavy atom. The zero-order chi connectivity index (χ0) is 23.2. The molecule has 3 aromatic rings. The molecule has 0 aliphatic carbocycles. The number of nitrogens with zero attached hydrogens (tertiary/aromatic N) is 3. The van der Waals surface area contributed by atoms with E-state index in [0.29, 0.717) is 35.8 Å². The normalized spacial score (nSPS) is 16.8. The van der Waals surface area contributed by atoms with Crippen molar-refractivity contribution in [2.75, 3.05) is 18.5 Å². The molecule has 2 aliphatic rings. The van der Waals surface area contributed by atoms with Gasteiger partial charge in [0.15, 0.2) is 0 Å². The maximum atomic E-state index is 13.2. The second-order valence-electron chi connectivity index (χ2n) is 8.24. The highest BCUT2D eigenvalue weighted by Crippen LogP contribution is 2.32. The van der Waals surface area contributed by atoms with E-state index in [0.717, 1.165) is 9.65 Å². The Balaban J connectivity index is 1.37. The number of hydrogen-bond acceptors (Lipinski definition) is 7. The van der Waals surface area contributed by atoms with Gasteiger partial charge >= 0.3 is 0 Å². The second kappa shape index (κ2) is 8.20. The fourth-order valence-electron chi connectivity index (χ4n) is 4.28. The van der Waals surface area contributed by atoms with Crippen LogP contribution >= 0.6 is 0 Å². The number of carbonyl (C=O) groups is 1. The van der Waals surface area contributed by atoms with E-state index in [-0.39, 0.29) is 23.9 Å².